The fourth-order valence-electron chi connectivity index (χ4n) is 3.61. The van der Waals surface area contributed by atoms with E-state index in [0.29, 0.717) is 18.7 Å². The van der Waals surface area contributed by atoms with E-state index in [2.05, 4.69) is 11.4 Å². The van der Waals surface area contributed by atoms with Crippen LogP contribution >= 0.6 is 0 Å². The molecular formula is C26H36N2O3. The van der Waals surface area contributed by atoms with Crippen LogP contribution in [0, 0.1) is 20.8 Å². The summed E-state index contributed by atoms with van der Waals surface area (Å²) in [4.78, 5) is 27.9. The Labute approximate surface area is 186 Å². The molecule has 1 N–H and O–H groups in total. The first-order valence-corrected chi connectivity index (χ1v) is 11.1. The molecule has 31 heavy (non-hydrogen) atoms. The third-order valence-electron chi connectivity index (χ3n) is 5.38. The summed E-state index contributed by atoms with van der Waals surface area (Å²) >= 11 is 0. The van der Waals surface area contributed by atoms with Gasteiger partial charge in [-0.1, -0.05) is 49.7 Å². The van der Waals surface area contributed by atoms with E-state index in [4.69, 9.17) is 4.74 Å². The monoisotopic (exact) mass is 424 g/mol. The molecule has 2 aromatic rings. The highest BCUT2D eigenvalue weighted by Gasteiger charge is 2.29. The third kappa shape index (κ3) is 7.42. The largest absolute Gasteiger partial charge is 0.484 e. The molecule has 5 nitrogen and oxygen atoms in total. The lowest BCUT2D eigenvalue weighted by Gasteiger charge is -2.31. The average Bonchev–Trinajstić information content (AvgIpc) is 2.71. The van der Waals surface area contributed by atoms with Gasteiger partial charge in [0.15, 0.2) is 6.61 Å². The second kappa shape index (κ2) is 11.5. The van der Waals surface area contributed by atoms with Crippen LogP contribution in [0.25, 0.3) is 0 Å². The molecule has 0 bridgehead atoms. The molecule has 0 saturated heterocycles. The van der Waals surface area contributed by atoms with Gasteiger partial charge in [0.25, 0.3) is 5.91 Å². The molecule has 0 aliphatic heterocycles. The second-order valence-electron chi connectivity index (χ2n) is 8.36. The van der Waals surface area contributed by atoms with Gasteiger partial charge >= 0.3 is 0 Å². The first-order chi connectivity index (χ1) is 14.7. The Hall–Kier alpha value is -2.82. The van der Waals surface area contributed by atoms with E-state index >= 15 is 0 Å². The Morgan fingerprint density at radius 1 is 0.968 bits per heavy atom. The number of benzene rings is 2. The zero-order valence-corrected chi connectivity index (χ0v) is 19.7. The molecule has 0 aromatic heterocycles. The van der Waals surface area contributed by atoms with Gasteiger partial charge in [-0.3, -0.25) is 9.59 Å². The van der Waals surface area contributed by atoms with E-state index < -0.39 is 6.04 Å². The molecule has 2 atom stereocenters. The minimum Gasteiger partial charge on any atom is -0.484 e. The van der Waals surface area contributed by atoms with Gasteiger partial charge in [0.1, 0.15) is 11.8 Å². The van der Waals surface area contributed by atoms with Gasteiger partial charge in [-0.25, -0.2) is 0 Å². The number of ether oxygens (including phenoxy) is 1. The van der Waals surface area contributed by atoms with Crippen molar-refractivity contribution in [1.29, 1.82) is 0 Å². The summed E-state index contributed by atoms with van der Waals surface area (Å²) in [5.74, 6) is 0.342. The minimum absolute atomic E-state index is 0.0593. The van der Waals surface area contributed by atoms with Crippen LogP contribution in [0.4, 0.5) is 0 Å². The van der Waals surface area contributed by atoms with Crippen molar-refractivity contribution in [2.45, 2.75) is 73.0 Å². The van der Waals surface area contributed by atoms with Crippen molar-refractivity contribution in [1.82, 2.24) is 10.2 Å². The van der Waals surface area contributed by atoms with E-state index in [0.717, 1.165) is 28.7 Å². The number of hydrogen-bond donors (Lipinski definition) is 1. The quantitative estimate of drug-likeness (QED) is 0.601. The van der Waals surface area contributed by atoms with Crippen molar-refractivity contribution in [3.63, 3.8) is 0 Å². The van der Waals surface area contributed by atoms with Gasteiger partial charge in [0, 0.05) is 12.6 Å². The number of amides is 2. The average molecular weight is 425 g/mol. The molecule has 0 fully saturated rings. The van der Waals surface area contributed by atoms with Gasteiger partial charge in [0.05, 0.1) is 0 Å². The van der Waals surface area contributed by atoms with E-state index in [1.54, 1.807) is 4.90 Å². The first kappa shape index (κ1) is 24.4. The van der Waals surface area contributed by atoms with Crippen LogP contribution < -0.4 is 10.1 Å². The van der Waals surface area contributed by atoms with Crippen molar-refractivity contribution in [2.75, 3.05) is 6.61 Å². The first-order valence-electron chi connectivity index (χ1n) is 11.1. The van der Waals surface area contributed by atoms with E-state index in [1.165, 1.54) is 0 Å². The van der Waals surface area contributed by atoms with Gasteiger partial charge in [-0.05, 0) is 69.4 Å². The Bertz CT molecular complexity index is 874. The number of rotatable bonds is 10. The highest BCUT2D eigenvalue weighted by molar-refractivity contribution is 5.88. The lowest BCUT2D eigenvalue weighted by molar-refractivity contribution is -0.143. The lowest BCUT2D eigenvalue weighted by atomic mass is 10.1. The Balaban J connectivity index is 2.23. The summed E-state index contributed by atoms with van der Waals surface area (Å²) in [7, 11) is 0. The Morgan fingerprint density at radius 2 is 1.65 bits per heavy atom. The van der Waals surface area contributed by atoms with Crippen molar-refractivity contribution in [3.05, 3.63) is 64.7 Å². The fraction of sp³-hybridized carbons (Fsp3) is 0.462. The molecule has 2 rings (SSSR count). The van der Waals surface area contributed by atoms with E-state index in [-0.39, 0.29) is 24.5 Å². The summed E-state index contributed by atoms with van der Waals surface area (Å²) in [6.45, 7) is 12.2. The molecule has 5 heteroatoms. The Kier molecular flexibility index (Phi) is 9.10. The van der Waals surface area contributed by atoms with Crippen LogP contribution in [-0.2, 0) is 16.1 Å². The molecule has 168 valence electrons. The number of carbonyl (C=O) groups is 2. The molecular weight excluding hydrogens is 388 g/mol. The van der Waals surface area contributed by atoms with Crippen LogP contribution in [0.3, 0.4) is 0 Å². The minimum atomic E-state index is -0.551. The second-order valence-corrected chi connectivity index (χ2v) is 8.36. The van der Waals surface area contributed by atoms with Crippen LogP contribution in [0.5, 0.6) is 5.75 Å². The molecule has 0 aliphatic carbocycles. The number of nitrogens with zero attached hydrogens (tertiary/aromatic N) is 1. The van der Waals surface area contributed by atoms with E-state index in [9.17, 15) is 9.59 Å². The standard InChI is InChI=1S/C26H36N2O3/c1-7-21(6)27-26(30)24(8-2)28(16-22-11-9-10-18(3)13-22)25(29)17-31-23-14-19(4)12-20(5)15-23/h9-15,21,24H,7-8,16-17H2,1-6H3,(H,27,30)/t21-,24-/m0/s1. The zero-order chi connectivity index (χ0) is 23.0. The molecule has 0 heterocycles. The van der Waals surface area contributed by atoms with Crippen LogP contribution in [-0.4, -0.2) is 35.4 Å². The number of hydrogen-bond acceptors (Lipinski definition) is 3. The predicted octanol–water partition coefficient (Wildman–Crippen LogP) is 4.71. The van der Waals surface area contributed by atoms with Crippen LogP contribution in [0.2, 0.25) is 0 Å². The number of aryl methyl sites for hydroxylation is 3. The molecule has 2 amide bonds. The fourth-order valence-corrected chi connectivity index (χ4v) is 3.61. The maximum absolute atomic E-state index is 13.3. The summed E-state index contributed by atoms with van der Waals surface area (Å²) in [6.07, 6.45) is 1.37. The summed E-state index contributed by atoms with van der Waals surface area (Å²) in [5.41, 5.74) is 4.28. The van der Waals surface area contributed by atoms with Crippen molar-refractivity contribution >= 4 is 11.8 Å². The molecule has 0 unspecified atom stereocenters. The molecule has 0 radical (unpaired) electrons. The maximum Gasteiger partial charge on any atom is 0.261 e. The zero-order valence-electron chi connectivity index (χ0n) is 19.7. The molecule has 0 aliphatic rings. The van der Waals surface area contributed by atoms with E-state index in [1.807, 2.05) is 77.9 Å². The highest BCUT2D eigenvalue weighted by atomic mass is 16.5. The van der Waals surface area contributed by atoms with Gasteiger partial charge in [0.2, 0.25) is 5.91 Å². The topological polar surface area (TPSA) is 58.6 Å². The molecule has 2 aromatic carbocycles. The molecule has 0 spiro atoms. The summed E-state index contributed by atoms with van der Waals surface area (Å²) in [6, 6.07) is 13.4. The van der Waals surface area contributed by atoms with Gasteiger partial charge in [-0.2, -0.15) is 0 Å². The summed E-state index contributed by atoms with van der Waals surface area (Å²) < 4.78 is 5.83. The van der Waals surface area contributed by atoms with Crippen molar-refractivity contribution < 1.29 is 14.3 Å². The summed E-state index contributed by atoms with van der Waals surface area (Å²) in [5, 5.41) is 3.03. The molecule has 0 saturated carbocycles. The third-order valence-corrected chi connectivity index (χ3v) is 5.38. The lowest BCUT2D eigenvalue weighted by Crippen LogP contribution is -2.51. The van der Waals surface area contributed by atoms with Crippen LogP contribution in [0.1, 0.15) is 55.9 Å². The highest BCUT2D eigenvalue weighted by Crippen LogP contribution is 2.18. The van der Waals surface area contributed by atoms with Crippen molar-refractivity contribution in [2.24, 2.45) is 0 Å². The normalized spacial score (nSPS) is 12.7. The SMILES string of the molecule is CC[C@H](C)NC(=O)[C@H](CC)N(Cc1cccc(C)c1)C(=O)COc1cc(C)cc(C)c1. The predicted molar refractivity (Wildman–Crippen MR) is 125 cm³/mol. The maximum atomic E-state index is 13.3. The van der Waals surface area contributed by atoms with Crippen molar-refractivity contribution in [3.8, 4) is 5.75 Å². The number of nitrogens with one attached hydrogen (secondary N) is 1. The van der Waals surface area contributed by atoms with Gasteiger partial charge in [-0.15, -0.1) is 0 Å². The Morgan fingerprint density at radius 3 is 2.23 bits per heavy atom. The van der Waals surface area contributed by atoms with Crippen LogP contribution in [0.15, 0.2) is 42.5 Å². The smallest absolute Gasteiger partial charge is 0.261 e. The van der Waals surface area contributed by atoms with Gasteiger partial charge < -0.3 is 15.0 Å². The number of carbonyl (C=O) groups excluding carboxylic acids is 2.